The normalized spacial score (nSPS) is 13.8. The van der Waals surface area contributed by atoms with Crippen molar-refractivity contribution in [1.29, 1.82) is 0 Å². The largest absolute Gasteiger partial charge is 0.477 e. The highest BCUT2D eigenvalue weighted by Gasteiger charge is 2.46. The van der Waals surface area contributed by atoms with Crippen molar-refractivity contribution in [3.8, 4) is 11.5 Å². The van der Waals surface area contributed by atoms with Crippen LogP contribution in [0.15, 0.2) is 18.2 Å². The fourth-order valence-corrected chi connectivity index (χ4v) is 3.21. The van der Waals surface area contributed by atoms with Crippen LogP contribution in [0.1, 0.15) is 99.0 Å². The van der Waals surface area contributed by atoms with Crippen LogP contribution in [0.3, 0.4) is 0 Å². The third-order valence-electron chi connectivity index (χ3n) is 5.69. The van der Waals surface area contributed by atoms with E-state index < -0.39 is 35.0 Å². The highest BCUT2D eigenvalue weighted by atomic mass is 16.6. The number of carbonyl (C=O) groups excluding carboxylic acids is 3. The number of benzene rings is 1. The first-order chi connectivity index (χ1) is 17.3. The summed E-state index contributed by atoms with van der Waals surface area (Å²) in [5, 5.41) is 13.2. The molecule has 0 bridgehead atoms. The Bertz CT molecular complexity index is 937. The summed E-state index contributed by atoms with van der Waals surface area (Å²) in [6.45, 7) is 12.5. The summed E-state index contributed by atoms with van der Waals surface area (Å²) < 4.78 is 16.6. The smallest absolute Gasteiger partial charge is 0.364 e. The second kappa shape index (κ2) is 14.7. The Hall–Kier alpha value is -2.94. The minimum Gasteiger partial charge on any atom is -0.477 e. The van der Waals surface area contributed by atoms with Crippen LogP contribution in [0.2, 0.25) is 0 Å². The zero-order valence-corrected chi connectivity index (χ0v) is 23.3. The van der Waals surface area contributed by atoms with E-state index in [-0.39, 0.29) is 36.8 Å². The van der Waals surface area contributed by atoms with Crippen LogP contribution in [0.25, 0.3) is 0 Å². The van der Waals surface area contributed by atoms with Crippen LogP contribution < -0.4 is 14.8 Å². The van der Waals surface area contributed by atoms with Gasteiger partial charge in [0, 0.05) is 25.3 Å². The average molecular weight is 522 g/mol. The van der Waals surface area contributed by atoms with Crippen molar-refractivity contribution in [3.63, 3.8) is 0 Å². The third-order valence-corrected chi connectivity index (χ3v) is 5.69. The zero-order valence-electron chi connectivity index (χ0n) is 23.3. The molecular weight excluding hydrogens is 478 g/mol. The van der Waals surface area contributed by atoms with E-state index in [1.54, 1.807) is 33.8 Å². The first-order valence-electron chi connectivity index (χ1n) is 13.1. The summed E-state index contributed by atoms with van der Waals surface area (Å²) in [5.74, 6) is -2.92. The summed E-state index contributed by atoms with van der Waals surface area (Å²) in [6.07, 6.45) is 3.65. The van der Waals surface area contributed by atoms with Gasteiger partial charge in [-0.15, -0.1) is 0 Å². The fourth-order valence-electron chi connectivity index (χ4n) is 3.21. The molecule has 1 aromatic carbocycles. The molecule has 0 radical (unpaired) electrons. The molecule has 9 heteroatoms. The Morgan fingerprint density at radius 1 is 0.919 bits per heavy atom. The molecule has 0 saturated carbocycles. The van der Waals surface area contributed by atoms with Gasteiger partial charge < -0.3 is 19.3 Å². The minimum atomic E-state index is -2.07. The molecule has 0 aliphatic rings. The van der Waals surface area contributed by atoms with E-state index >= 15 is 0 Å². The summed E-state index contributed by atoms with van der Waals surface area (Å²) >= 11 is 0. The average Bonchev–Trinajstić information content (AvgIpc) is 2.82. The molecule has 1 unspecified atom stereocenters. The lowest BCUT2D eigenvalue weighted by atomic mass is 9.95. The van der Waals surface area contributed by atoms with Crippen molar-refractivity contribution in [2.24, 2.45) is 5.41 Å². The first kappa shape index (κ1) is 32.1. The Kier molecular flexibility index (Phi) is 12.8. The quantitative estimate of drug-likeness (QED) is 0.182. The third kappa shape index (κ3) is 10.5. The maximum Gasteiger partial charge on any atom is 0.364 e. The molecule has 0 heterocycles. The van der Waals surface area contributed by atoms with Crippen molar-refractivity contribution in [1.82, 2.24) is 5.32 Å². The Balaban J connectivity index is 3.45. The molecule has 2 atom stereocenters. The van der Waals surface area contributed by atoms with Gasteiger partial charge in [-0.1, -0.05) is 39.7 Å². The molecule has 0 spiro atoms. The van der Waals surface area contributed by atoms with E-state index in [1.165, 1.54) is 12.1 Å². The van der Waals surface area contributed by atoms with Crippen molar-refractivity contribution in [3.05, 3.63) is 23.8 Å². The van der Waals surface area contributed by atoms with E-state index in [4.69, 9.17) is 14.2 Å². The number of nitrogens with one attached hydrogen (secondary N) is 1. The Morgan fingerprint density at radius 2 is 1.46 bits per heavy atom. The molecule has 1 rings (SSSR count). The van der Waals surface area contributed by atoms with Gasteiger partial charge >= 0.3 is 23.9 Å². The van der Waals surface area contributed by atoms with E-state index in [2.05, 4.69) is 5.32 Å². The van der Waals surface area contributed by atoms with E-state index in [9.17, 15) is 24.3 Å². The molecule has 9 nitrogen and oxygen atoms in total. The number of hydrogen-bond acceptors (Lipinski definition) is 8. The standard InChI is InChI=1S/C28H43NO8/c1-8-11-13-23(30)35-21-16-15-20(17-22(21)36-24(31)14-12-9-2)18-28(25(32)33,29-19(4)10-3)37-26(34)27(5,6)7/h15-17,19,29H,8-14,18H2,1-7H3,(H,32,33)/t19?,28-/m0/s1. The van der Waals surface area contributed by atoms with Gasteiger partial charge in [-0.2, -0.15) is 0 Å². The maximum absolute atomic E-state index is 12.8. The van der Waals surface area contributed by atoms with Crippen molar-refractivity contribution in [2.45, 2.75) is 112 Å². The van der Waals surface area contributed by atoms with Gasteiger partial charge in [0.15, 0.2) is 11.5 Å². The number of aliphatic carboxylic acids is 1. The Morgan fingerprint density at radius 3 is 1.92 bits per heavy atom. The van der Waals surface area contributed by atoms with Gasteiger partial charge in [-0.3, -0.25) is 19.7 Å². The monoisotopic (exact) mass is 521 g/mol. The van der Waals surface area contributed by atoms with Crippen molar-refractivity contribution >= 4 is 23.9 Å². The molecule has 208 valence electrons. The van der Waals surface area contributed by atoms with Gasteiger partial charge in [0.05, 0.1) is 5.41 Å². The van der Waals surface area contributed by atoms with Gasteiger partial charge in [0.1, 0.15) is 0 Å². The van der Waals surface area contributed by atoms with Crippen molar-refractivity contribution < 1.29 is 38.5 Å². The molecular formula is C28H43NO8. The summed E-state index contributed by atoms with van der Waals surface area (Å²) in [7, 11) is 0. The van der Waals surface area contributed by atoms with E-state index in [0.717, 1.165) is 12.8 Å². The maximum atomic E-state index is 12.8. The van der Waals surface area contributed by atoms with Gasteiger partial charge in [-0.05, 0) is 64.7 Å². The second-order valence-electron chi connectivity index (χ2n) is 10.3. The van der Waals surface area contributed by atoms with Crippen LogP contribution in [0.4, 0.5) is 0 Å². The summed E-state index contributed by atoms with van der Waals surface area (Å²) in [4.78, 5) is 49.9. The SMILES string of the molecule is CCCCC(=O)Oc1ccc(C[C@](NC(C)CC)(OC(=O)C(C)(C)C)C(=O)O)cc1OC(=O)CCCC. The number of carboxylic acids is 1. The minimum absolute atomic E-state index is 0.00780. The predicted octanol–water partition coefficient (Wildman–Crippen LogP) is 5.18. The molecule has 0 aliphatic carbocycles. The van der Waals surface area contributed by atoms with Gasteiger partial charge in [0.25, 0.3) is 5.72 Å². The molecule has 0 aliphatic heterocycles. The topological polar surface area (TPSA) is 128 Å². The number of esters is 3. The van der Waals surface area contributed by atoms with Crippen LogP contribution in [0.5, 0.6) is 11.5 Å². The lowest BCUT2D eigenvalue weighted by Gasteiger charge is -2.35. The van der Waals surface area contributed by atoms with E-state index in [1.807, 2.05) is 20.8 Å². The van der Waals surface area contributed by atoms with E-state index in [0.29, 0.717) is 24.8 Å². The lowest BCUT2D eigenvalue weighted by molar-refractivity contribution is -0.190. The van der Waals surface area contributed by atoms with Crippen LogP contribution in [0, 0.1) is 5.41 Å². The predicted molar refractivity (Wildman–Crippen MR) is 139 cm³/mol. The zero-order chi connectivity index (χ0) is 28.2. The van der Waals surface area contributed by atoms with Crippen molar-refractivity contribution in [2.75, 3.05) is 0 Å². The number of unbranched alkanes of at least 4 members (excludes halogenated alkanes) is 2. The number of rotatable bonds is 15. The summed E-state index contributed by atoms with van der Waals surface area (Å²) in [5.41, 5.74) is -2.59. The molecule has 37 heavy (non-hydrogen) atoms. The highest BCUT2D eigenvalue weighted by Crippen LogP contribution is 2.32. The van der Waals surface area contributed by atoms with Crippen LogP contribution in [-0.4, -0.2) is 40.8 Å². The molecule has 0 saturated heterocycles. The Labute approximate surface area is 220 Å². The number of ether oxygens (including phenoxy) is 3. The molecule has 2 N–H and O–H groups in total. The number of hydrogen-bond donors (Lipinski definition) is 2. The van der Waals surface area contributed by atoms with Gasteiger partial charge in [-0.25, -0.2) is 4.79 Å². The molecule has 0 aromatic heterocycles. The molecule has 0 fully saturated rings. The fraction of sp³-hybridized carbons (Fsp3) is 0.643. The lowest BCUT2D eigenvalue weighted by Crippen LogP contribution is -2.60. The van der Waals surface area contributed by atoms with Crippen LogP contribution in [-0.2, 0) is 30.3 Å². The molecule has 0 amide bonds. The second-order valence-corrected chi connectivity index (χ2v) is 10.3. The number of carboxylic acid groups (broad SMARTS) is 1. The highest BCUT2D eigenvalue weighted by molar-refractivity contribution is 5.84. The van der Waals surface area contributed by atoms with Crippen LogP contribution >= 0.6 is 0 Å². The first-order valence-corrected chi connectivity index (χ1v) is 13.1. The van der Waals surface area contributed by atoms with Gasteiger partial charge in [0.2, 0.25) is 0 Å². The summed E-state index contributed by atoms with van der Waals surface area (Å²) in [6, 6.07) is 4.19. The number of carbonyl (C=O) groups is 4. The molecule has 1 aromatic rings.